The molecule has 2 rings (SSSR count). The quantitative estimate of drug-likeness (QED) is 0.347. The van der Waals surface area contributed by atoms with Gasteiger partial charge in [0.1, 0.15) is 5.82 Å². The van der Waals surface area contributed by atoms with Gasteiger partial charge in [0.2, 0.25) is 0 Å². The molecule has 0 amide bonds. The summed E-state index contributed by atoms with van der Waals surface area (Å²) >= 11 is 1.75. The van der Waals surface area contributed by atoms with E-state index in [2.05, 4.69) is 27.6 Å². The zero-order valence-corrected chi connectivity index (χ0v) is 14.8. The lowest BCUT2D eigenvalue weighted by molar-refractivity contribution is 0.394. The molecule has 0 radical (unpaired) electrons. The minimum atomic E-state index is -0.181. The van der Waals surface area contributed by atoms with Crippen molar-refractivity contribution in [1.29, 1.82) is 0 Å². The number of hydrogen-bond acceptors (Lipinski definition) is 3. The van der Waals surface area contributed by atoms with Gasteiger partial charge in [0, 0.05) is 31.6 Å². The van der Waals surface area contributed by atoms with E-state index in [0.717, 1.165) is 42.7 Å². The van der Waals surface area contributed by atoms with Crippen LogP contribution >= 0.6 is 11.8 Å². The fourth-order valence-corrected chi connectivity index (χ4v) is 3.51. The fourth-order valence-electron chi connectivity index (χ4n) is 2.65. The first-order valence-corrected chi connectivity index (χ1v) is 9.17. The normalized spacial score (nSPS) is 19.1. The predicted molar refractivity (Wildman–Crippen MR) is 96.7 cm³/mol. The summed E-state index contributed by atoms with van der Waals surface area (Å²) in [5.74, 6) is 2.42. The average Bonchev–Trinajstić information content (AvgIpc) is 2.97. The Kier molecular flexibility index (Phi) is 7.68. The molecule has 0 aliphatic carbocycles. The number of guanidine groups is 1. The van der Waals surface area contributed by atoms with Gasteiger partial charge >= 0.3 is 0 Å². The van der Waals surface area contributed by atoms with Crippen molar-refractivity contribution in [3.05, 3.63) is 30.1 Å². The SMILES string of the molecule is CN=C(NCCCSc1ccc(F)cc1)NCC1CCN(C)C1. The maximum atomic E-state index is 12.8. The summed E-state index contributed by atoms with van der Waals surface area (Å²) in [4.78, 5) is 7.75. The van der Waals surface area contributed by atoms with Crippen molar-refractivity contribution < 1.29 is 4.39 Å². The van der Waals surface area contributed by atoms with E-state index in [-0.39, 0.29) is 5.82 Å². The van der Waals surface area contributed by atoms with Crippen molar-refractivity contribution >= 4 is 17.7 Å². The summed E-state index contributed by atoms with van der Waals surface area (Å²) in [7, 11) is 3.98. The number of aliphatic imine (C=N–C) groups is 1. The molecule has 0 spiro atoms. The lowest BCUT2D eigenvalue weighted by atomic mass is 10.1. The van der Waals surface area contributed by atoms with Gasteiger partial charge in [-0.3, -0.25) is 4.99 Å². The highest BCUT2D eigenvalue weighted by molar-refractivity contribution is 7.99. The Balaban J connectivity index is 1.56. The number of hydrogen-bond donors (Lipinski definition) is 2. The Labute approximate surface area is 142 Å². The molecule has 0 saturated carbocycles. The van der Waals surface area contributed by atoms with Crippen molar-refractivity contribution in [2.75, 3.05) is 46.0 Å². The lowest BCUT2D eigenvalue weighted by Crippen LogP contribution is -2.40. The minimum absolute atomic E-state index is 0.181. The molecule has 1 heterocycles. The molecule has 1 aromatic carbocycles. The number of halogens is 1. The number of benzene rings is 1. The molecule has 1 aromatic rings. The first-order valence-electron chi connectivity index (χ1n) is 8.19. The molecule has 1 aliphatic rings. The summed E-state index contributed by atoms with van der Waals surface area (Å²) < 4.78 is 12.8. The third-order valence-corrected chi connectivity index (χ3v) is 5.06. The van der Waals surface area contributed by atoms with Crippen LogP contribution in [-0.2, 0) is 0 Å². The van der Waals surface area contributed by atoms with Gasteiger partial charge in [-0.2, -0.15) is 0 Å². The van der Waals surface area contributed by atoms with Crippen molar-refractivity contribution in [2.24, 2.45) is 10.9 Å². The predicted octanol–water partition coefficient (Wildman–Crippen LogP) is 2.42. The highest BCUT2D eigenvalue weighted by Crippen LogP contribution is 2.18. The van der Waals surface area contributed by atoms with Gasteiger partial charge in [-0.05, 0) is 62.4 Å². The van der Waals surface area contributed by atoms with Gasteiger partial charge in [0.15, 0.2) is 5.96 Å². The molecule has 1 unspecified atom stereocenters. The van der Waals surface area contributed by atoms with E-state index in [4.69, 9.17) is 0 Å². The largest absolute Gasteiger partial charge is 0.356 e. The molecule has 128 valence electrons. The number of nitrogens with zero attached hydrogens (tertiary/aromatic N) is 2. The highest BCUT2D eigenvalue weighted by atomic mass is 32.2. The first-order chi connectivity index (χ1) is 11.2. The molecule has 1 aliphatic heterocycles. The van der Waals surface area contributed by atoms with Gasteiger partial charge in [0.05, 0.1) is 0 Å². The minimum Gasteiger partial charge on any atom is -0.356 e. The smallest absolute Gasteiger partial charge is 0.190 e. The number of likely N-dealkylation sites (tertiary alicyclic amines) is 1. The Morgan fingerprint density at radius 1 is 1.35 bits per heavy atom. The molecule has 6 heteroatoms. The molecule has 1 fully saturated rings. The van der Waals surface area contributed by atoms with Crippen LogP contribution in [0.3, 0.4) is 0 Å². The first kappa shape index (κ1) is 18.1. The molecule has 2 N–H and O–H groups in total. The van der Waals surface area contributed by atoms with Crippen LogP contribution in [0, 0.1) is 11.7 Å². The molecule has 4 nitrogen and oxygen atoms in total. The zero-order chi connectivity index (χ0) is 16.5. The van der Waals surface area contributed by atoms with Crippen LogP contribution in [0.2, 0.25) is 0 Å². The van der Waals surface area contributed by atoms with E-state index in [9.17, 15) is 4.39 Å². The van der Waals surface area contributed by atoms with Crippen LogP contribution in [0.25, 0.3) is 0 Å². The number of nitrogens with one attached hydrogen (secondary N) is 2. The van der Waals surface area contributed by atoms with Crippen LogP contribution in [-0.4, -0.2) is 56.9 Å². The Hall–Kier alpha value is -1.27. The van der Waals surface area contributed by atoms with Crippen molar-refractivity contribution in [3.8, 4) is 0 Å². The van der Waals surface area contributed by atoms with E-state index in [1.54, 1.807) is 11.8 Å². The molecule has 1 atom stereocenters. The van der Waals surface area contributed by atoms with Gasteiger partial charge in [0.25, 0.3) is 0 Å². The Morgan fingerprint density at radius 3 is 2.78 bits per heavy atom. The van der Waals surface area contributed by atoms with Gasteiger partial charge in [-0.15, -0.1) is 11.8 Å². The molecular formula is C17H27FN4S. The third-order valence-electron chi connectivity index (χ3n) is 3.97. The van der Waals surface area contributed by atoms with Crippen molar-refractivity contribution in [3.63, 3.8) is 0 Å². The number of rotatable bonds is 7. The summed E-state index contributed by atoms with van der Waals surface area (Å²) in [5, 5.41) is 6.76. The lowest BCUT2D eigenvalue weighted by Gasteiger charge is -2.15. The highest BCUT2D eigenvalue weighted by Gasteiger charge is 2.19. The van der Waals surface area contributed by atoms with Crippen LogP contribution in [0.5, 0.6) is 0 Å². The van der Waals surface area contributed by atoms with E-state index in [1.165, 1.54) is 25.1 Å². The van der Waals surface area contributed by atoms with Crippen LogP contribution < -0.4 is 10.6 Å². The van der Waals surface area contributed by atoms with Crippen LogP contribution in [0.4, 0.5) is 4.39 Å². The van der Waals surface area contributed by atoms with E-state index >= 15 is 0 Å². The molecule has 0 bridgehead atoms. The van der Waals surface area contributed by atoms with E-state index < -0.39 is 0 Å². The number of thioether (sulfide) groups is 1. The topological polar surface area (TPSA) is 39.7 Å². The standard InChI is InChI=1S/C17H27FN4S/c1-19-17(21-12-14-8-10-22(2)13-14)20-9-3-11-23-16-6-4-15(18)5-7-16/h4-7,14H,3,8-13H2,1-2H3,(H2,19,20,21). The van der Waals surface area contributed by atoms with Crippen LogP contribution in [0.15, 0.2) is 34.2 Å². The summed E-state index contributed by atoms with van der Waals surface area (Å²) in [6, 6.07) is 6.67. The average molecular weight is 338 g/mol. The molecule has 1 saturated heterocycles. The molecular weight excluding hydrogens is 311 g/mol. The second-order valence-corrected chi connectivity index (χ2v) is 7.12. The van der Waals surface area contributed by atoms with Gasteiger partial charge < -0.3 is 15.5 Å². The van der Waals surface area contributed by atoms with E-state index in [1.807, 2.05) is 19.2 Å². The zero-order valence-electron chi connectivity index (χ0n) is 14.0. The third kappa shape index (κ3) is 6.79. The second-order valence-electron chi connectivity index (χ2n) is 5.95. The van der Waals surface area contributed by atoms with Gasteiger partial charge in [-0.25, -0.2) is 4.39 Å². The van der Waals surface area contributed by atoms with E-state index in [0.29, 0.717) is 5.92 Å². The summed E-state index contributed by atoms with van der Waals surface area (Å²) in [6.07, 6.45) is 2.30. The molecule has 0 aromatic heterocycles. The maximum Gasteiger partial charge on any atom is 0.190 e. The monoisotopic (exact) mass is 338 g/mol. The summed E-state index contributed by atoms with van der Waals surface area (Å²) in [6.45, 7) is 4.23. The fraction of sp³-hybridized carbons (Fsp3) is 0.588. The maximum absolute atomic E-state index is 12.8. The molecule has 23 heavy (non-hydrogen) atoms. The van der Waals surface area contributed by atoms with Gasteiger partial charge in [-0.1, -0.05) is 0 Å². The Morgan fingerprint density at radius 2 is 2.13 bits per heavy atom. The van der Waals surface area contributed by atoms with Crippen molar-refractivity contribution in [2.45, 2.75) is 17.7 Å². The van der Waals surface area contributed by atoms with Crippen LogP contribution in [0.1, 0.15) is 12.8 Å². The summed E-state index contributed by atoms with van der Waals surface area (Å²) in [5.41, 5.74) is 0. The second kappa shape index (κ2) is 9.78. The Bertz CT molecular complexity index is 492. The van der Waals surface area contributed by atoms with Crippen molar-refractivity contribution in [1.82, 2.24) is 15.5 Å².